The van der Waals surface area contributed by atoms with Crippen molar-refractivity contribution < 1.29 is 16.6 Å². The number of nitrogens with two attached hydrogens (primary N) is 3. The van der Waals surface area contributed by atoms with Gasteiger partial charge in [-0.05, 0) is 27.7 Å². The predicted octanol–water partition coefficient (Wildman–Crippen LogP) is -3.49. The Labute approximate surface area is 83.8 Å². The van der Waals surface area contributed by atoms with Crippen molar-refractivity contribution in [1.29, 1.82) is 0 Å². The lowest BCUT2D eigenvalue weighted by molar-refractivity contribution is -0.311. The fraction of sp³-hybridized carbons (Fsp3) is 0.750. The number of quaternary nitrogens is 1. The van der Waals surface area contributed by atoms with Crippen LogP contribution < -0.4 is 22.3 Å². The molecule has 0 unspecified atom stereocenters. The zero-order chi connectivity index (χ0) is 11.6. The maximum atomic E-state index is 5.56. The zero-order valence-electron chi connectivity index (χ0n) is 9.33. The topological polar surface area (TPSA) is 130 Å². The summed E-state index contributed by atoms with van der Waals surface area (Å²) in [6, 6.07) is 0. The van der Waals surface area contributed by atoms with Crippen LogP contribution in [0.5, 0.6) is 0 Å². The van der Waals surface area contributed by atoms with Crippen LogP contribution in [0.4, 0.5) is 0 Å². The summed E-state index contributed by atoms with van der Waals surface area (Å²) in [6.45, 7) is 7.20. The monoisotopic (exact) mass is 201 g/mol. The third-order valence-corrected chi connectivity index (χ3v) is 2.04. The normalized spacial score (nSPS) is 13.2. The number of nitrogens with zero attached hydrogens (tertiary/aromatic N) is 2. The highest BCUT2D eigenvalue weighted by molar-refractivity contribution is 5.83. The fourth-order valence-electron chi connectivity index (χ4n) is 0.372. The first-order valence-electron chi connectivity index (χ1n) is 4.37. The molecule has 0 aromatic rings. The van der Waals surface area contributed by atoms with Crippen LogP contribution in [0.25, 0.3) is 0 Å². The highest BCUT2D eigenvalue weighted by atomic mass is 15.2. The van der Waals surface area contributed by atoms with Gasteiger partial charge in [0.05, 0.1) is 0 Å². The largest absolute Gasteiger partial charge is 0.359 e. The highest BCUT2D eigenvalue weighted by Crippen LogP contribution is 2.13. The molecule has 0 saturated heterocycles. The highest BCUT2D eigenvalue weighted by Gasteiger charge is 2.33. The van der Waals surface area contributed by atoms with E-state index in [0.717, 1.165) is 0 Å². The molecule has 9 N–H and O–H groups in total. The minimum absolute atomic E-state index is 0.222. The van der Waals surface area contributed by atoms with Crippen LogP contribution in [-0.2, 0) is 0 Å². The van der Waals surface area contributed by atoms with E-state index in [0.29, 0.717) is 5.84 Å². The first-order chi connectivity index (χ1) is 6.09. The molecule has 0 aromatic carbocycles. The maximum Gasteiger partial charge on any atom is 0.359 e. The zero-order valence-corrected chi connectivity index (χ0v) is 9.33. The van der Waals surface area contributed by atoms with Crippen LogP contribution in [-0.4, -0.2) is 22.7 Å². The lowest BCUT2D eigenvalue weighted by Gasteiger charge is -2.14. The molecule has 6 nitrogen and oxygen atoms in total. The molecule has 6 heteroatoms. The molecule has 0 amide bonds. The standard InChI is InChI=1S/C8H18N6/c1-7(2,5(9)10)13-14-8(3,4)6(11)12/h1-4H3,(H3,9,10)(H3,11,12)/p+3. The minimum atomic E-state index is -0.674. The van der Waals surface area contributed by atoms with Gasteiger partial charge in [0, 0.05) is 0 Å². The molecule has 0 aliphatic carbocycles. The molecule has 0 aromatic heterocycles. The average molecular weight is 201 g/mol. The molecule has 0 aliphatic heterocycles. The molecule has 0 aliphatic rings. The van der Waals surface area contributed by atoms with E-state index in [1.807, 2.05) is 13.8 Å². The molecule has 0 bridgehead atoms. The molecule has 0 saturated carbocycles. The van der Waals surface area contributed by atoms with Gasteiger partial charge in [0.1, 0.15) is 0 Å². The summed E-state index contributed by atoms with van der Waals surface area (Å²) in [5.41, 5.74) is 7.83. The van der Waals surface area contributed by atoms with Crippen molar-refractivity contribution in [2.24, 2.45) is 16.0 Å². The third kappa shape index (κ3) is 3.21. The summed E-state index contributed by atoms with van der Waals surface area (Å²) >= 11 is 0. The lowest BCUT2D eigenvalue weighted by atomic mass is 10.1. The molecule has 0 heterocycles. The van der Waals surface area contributed by atoms with Gasteiger partial charge in [0.25, 0.3) is 5.84 Å². The molecular formula is C8H21N6+3. The Morgan fingerprint density at radius 1 is 1.07 bits per heavy atom. The van der Waals surface area contributed by atoms with E-state index in [1.54, 1.807) is 13.8 Å². The van der Waals surface area contributed by atoms with Crippen LogP contribution in [0.15, 0.2) is 10.2 Å². The summed E-state index contributed by atoms with van der Waals surface area (Å²) in [6.07, 6.45) is 0. The second-order valence-electron chi connectivity index (χ2n) is 4.30. The molecule has 0 spiro atoms. The molecule has 80 valence electrons. The van der Waals surface area contributed by atoms with E-state index in [-0.39, 0.29) is 5.84 Å². The maximum absolute atomic E-state index is 5.56. The first-order valence-corrected chi connectivity index (χ1v) is 4.37. The fourth-order valence-corrected chi connectivity index (χ4v) is 0.372. The third-order valence-electron chi connectivity index (χ3n) is 2.04. The van der Waals surface area contributed by atoms with E-state index >= 15 is 0 Å². The van der Waals surface area contributed by atoms with Crippen molar-refractivity contribution in [3.63, 3.8) is 0 Å². The van der Waals surface area contributed by atoms with Gasteiger partial charge in [-0.25, -0.2) is 5.41 Å². The SMILES string of the molecule is CC(C)(N=NC(C)(C)C(=[NH2+])[NH3+])C(N)=[NH2+]. The summed E-state index contributed by atoms with van der Waals surface area (Å²) in [5, 5.41) is 19.1. The van der Waals surface area contributed by atoms with Gasteiger partial charge in [-0.3, -0.25) is 16.9 Å². The van der Waals surface area contributed by atoms with Crippen molar-refractivity contribution in [3.05, 3.63) is 0 Å². The Bertz CT molecular complexity index is 248. The average Bonchev–Trinajstić information content (AvgIpc) is 2.01. The number of rotatable bonds is 4. The summed E-state index contributed by atoms with van der Waals surface area (Å²) in [4.78, 5) is 0. The van der Waals surface area contributed by atoms with Gasteiger partial charge in [0.15, 0.2) is 5.54 Å². The van der Waals surface area contributed by atoms with Crippen molar-refractivity contribution in [3.8, 4) is 0 Å². The van der Waals surface area contributed by atoms with E-state index in [9.17, 15) is 0 Å². The first kappa shape index (κ1) is 12.7. The molecule has 0 fully saturated rings. The number of amidine groups is 2. The van der Waals surface area contributed by atoms with Crippen molar-refractivity contribution >= 4 is 11.7 Å². The lowest BCUT2D eigenvalue weighted by Crippen LogP contribution is -2.77. The van der Waals surface area contributed by atoms with Gasteiger partial charge in [-0.2, -0.15) is 10.2 Å². The van der Waals surface area contributed by atoms with E-state index < -0.39 is 11.1 Å². The summed E-state index contributed by atoms with van der Waals surface area (Å²) in [5.74, 6) is 0.673. The quantitative estimate of drug-likeness (QED) is 0.210. The Balaban J connectivity index is 4.76. The van der Waals surface area contributed by atoms with Crippen LogP contribution in [0, 0.1) is 0 Å². The molecule has 14 heavy (non-hydrogen) atoms. The van der Waals surface area contributed by atoms with Gasteiger partial charge in [-0.1, -0.05) is 0 Å². The van der Waals surface area contributed by atoms with Gasteiger partial charge in [-0.15, -0.1) is 0 Å². The van der Waals surface area contributed by atoms with Crippen LogP contribution in [0.1, 0.15) is 27.7 Å². The van der Waals surface area contributed by atoms with Crippen LogP contribution >= 0.6 is 0 Å². The molecular weight excluding hydrogens is 180 g/mol. The number of hydrogen-bond donors (Lipinski definition) is 4. The number of hydrogen-bond acceptors (Lipinski definition) is 2. The smallest absolute Gasteiger partial charge is 0.289 e. The second kappa shape index (κ2) is 3.83. The van der Waals surface area contributed by atoms with Crippen molar-refractivity contribution in [1.82, 2.24) is 0 Å². The van der Waals surface area contributed by atoms with Gasteiger partial charge in [0.2, 0.25) is 5.54 Å². The summed E-state index contributed by atoms with van der Waals surface area (Å²) in [7, 11) is 0. The Kier molecular flexibility index (Phi) is 3.47. The molecule has 0 atom stereocenters. The molecule has 0 radical (unpaired) electrons. The van der Waals surface area contributed by atoms with E-state index in [4.69, 9.17) is 16.6 Å². The van der Waals surface area contributed by atoms with Gasteiger partial charge < -0.3 is 0 Å². The Hall–Kier alpha value is -1.30. The molecule has 0 rings (SSSR count). The van der Waals surface area contributed by atoms with Crippen molar-refractivity contribution in [2.75, 3.05) is 0 Å². The van der Waals surface area contributed by atoms with E-state index in [2.05, 4.69) is 16.0 Å². The van der Waals surface area contributed by atoms with E-state index in [1.165, 1.54) is 0 Å². The van der Waals surface area contributed by atoms with Crippen molar-refractivity contribution in [2.45, 2.75) is 38.8 Å². The predicted molar refractivity (Wildman–Crippen MR) is 54.0 cm³/mol. The minimum Gasteiger partial charge on any atom is -0.289 e. The second-order valence-corrected chi connectivity index (χ2v) is 4.30. The Morgan fingerprint density at radius 2 is 1.43 bits per heavy atom. The Morgan fingerprint density at radius 3 is 1.71 bits per heavy atom. The number of azo groups is 1. The van der Waals surface area contributed by atoms with Gasteiger partial charge >= 0.3 is 5.84 Å². The van der Waals surface area contributed by atoms with Crippen LogP contribution in [0.2, 0.25) is 0 Å². The van der Waals surface area contributed by atoms with Crippen LogP contribution in [0.3, 0.4) is 0 Å². The summed E-state index contributed by atoms with van der Waals surface area (Å²) < 4.78 is 0.